The van der Waals surface area contributed by atoms with E-state index in [2.05, 4.69) is 10.3 Å². The van der Waals surface area contributed by atoms with E-state index < -0.39 is 11.2 Å². The molecule has 0 fully saturated rings. The molecule has 29 heavy (non-hydrogen) atoms. The molecule has 11 heteroatoms. The van der Waals surface area contributed by atoms with Crippen LogP contribution < -0.4 is 16.6 Å². The van der Waals surface area contributed by atoms with E-state index >= 15 is 0 Å². The summed E-state index contributed by atoms with van der Waals surface area (Å²) in [6, 6.07) is 4.94. The predicted molar refractivity (Wildman–Crippen MR) is 112 cm³/mol. The number of hydrogen-bond donors (Lipinski definition) is 2. The third kappa shape index (κ3) is 4.18. The molecular weight excluding hydrogens is 421 g/mol. The molecule has 0 unspecified atom stereocenters. The number of nitrogens with zero attached hydrogens (tertiary/aromatic N) is 4. The van der Waals surface area contributed by atoms with Gasteiger partial charge < -0.3 is 19.7 Å². The SMILES string of the molecule is COCn1c(=O)n(Cc2ccc(Cl)c(Cl)c2)c(=O)c2c1nc(NCCCO)n2C. The van der Waals surface area contributed by atoms with Gasteiger partial charge in [0.15, 0.2) is 11.2 Å². The maximum Gasteiger partial charge on any atom is 0.334 e. The zero-order valence-electron chi connectivity index (χ0n) is 16.0. The molecule has 2 heterocycles. The third-order valence-electron chi connectivity index (χ3n) is 4.44. The second kappa shape index (κ2) is 9.00. The number of aryl methyl sites for hydroxylation is 1. The molecule has 0 aliphatic heterocycles. The Balaban J connectivity index is 2.17. The van der Waals surface area contributed by atoms with Crippen LogP contribution in [0.5, 0.6) is 0 Å². The molecule has 156 valence electrons. The van der Waals surface area contributed by atoms with Gasteiger partial charge in [-0.25, -0.2) is 4.79 Å². The molecule has 3 rings (SSSR count). The fraction of sp³-hybridized carbons (Fsp3) is 0.389. The average molecular weight is 442 g/mol. The number of aliphatic hydroxyl groups excluding tert-OH is 1. The highest BCUT2D eigenvalue weighted by Gasteiger charge is 2.20. The van der Waals surface area contributed by atoms with Gasteiger partial charge in [0.2, 0.25) is 5.95 Å². The Morgan fingerprint density at radius 3 is 2.62 bits per heavy atom. The highest BCUT2D eigenvalue weighted by Crippen LogP contribution is 2.23. The summed E-state index contributed by atoms with van der Waals surface area (Å²) in [5, 5.41) is 12.7. The van der Waals surface area contributed by atoms with Crippen molar-refractivity contribution in [2.24, 2.45) is 7.05 Å². The van der Waals surface area contributed by atoms with Crippen molar-refractivity contribution in [2.75, 3.05) is 25.6 Å². The molecular formula is C18H21Cl2N5O4. The topological polar surface area (TPSA) is 103 Å². The standard InChI is InChI=1S/C18H21Cl2N5O4/c1-23-14-15(22-17(23)21-6-3-7-26)25(10-29-2)18(28)24(16(14)27)9-11-4-5-12(19)13(20)8-11/h4-5,8,26H,3,6-7,9-10H2,1-2H3,(H,21,22). The van der Waals surface area contributed by atoms with Gasteiger partial charge in [-0.3, -0.25) is 13.9 Å². The summed E-state index contributed by atoms with van der Waals surface area (Å²) in [6.45, 7) is 0.457. The monoisotopic (exact) mass is 441 g/mol. The normalized spacial score (nSPS) is 11.3. The lowest BCUT2D eigenvalue weighted by atomic mass is 10.2. The zero-order chi connectivity index (χ0) is 21.1. The fourth-order valence-electron chi connectivity index (χ4n) is 3.01. The van der Waals surface area contributed by atoms with Crippen molar-refractivity contribution in [3.8, 4) is 0 Å². The van der Waals surface area contributed by atoms with Gasteiger partial charge >= 0.3 is 5.69 Å². The molecule has 2 aromatic heterocycles. The van der Waals surface area contributed by atoms with Crippen LogP contribution >= 0.6 is 23.2 Å². The molecule has 0 saturated heterocycles. The molecule has 0 radical (unpaired) electrons. The number of anilines is 1. The van der Waals surface area contributed by atoms with Crippen molar-refractivity contribution < 1.29 is 9.84 Å². The molecule has 0 aliphatic rings. The molecule has 2 N–H and O–H groups in total. The Morgan fingerprint density at radius 2 is 1.97 bits per heavy atom. The number of rotatable bonds is 8. The lowest BCUT2D eigenvalue weighted by Gasteiger charge is -2.11. The summed E-state index contributed by atoms with van der Waals surface area (Å²) in [7, 11) is 3.14. The van der Waals surface area contributed by atoms with Gasteiger partial charge in [-0.2, -0.15) is 4.98 Å². The number of ether oxygens (including phenoxy) is 1. The second-order valence-corrected chi connectivity index (χ2v) is 7.25. The minimum atomic E-state index is -0.546. The molecule has 0 spiro atoms. The van der Waals surface area contributed by atoms with Crippen LogP contribution in [-0.2, 0) is 25.1 Å². The number of hydrogen-bond acceptors (Lipinski definition) is 6. The van der Waals surface area contributed by atoms with Crippen molar-refractivity contribution in [1.82, 2.24) is 18.7 Å². The van der Waals surface area contributed by atoms with Gasteiger partial charge in [0.1, 0.15) is 6.73 Å². The minimum absolute atomic E-state index is 0.0205. The number of benzene rings is 1. The van der Waals surface area contributed by atoms with E-state index in [1.165, 1.54) is 11.7 Å². The van der Waals surface area contributed by atoms with Crippen LogP contribution in [-0.4, -0.2) is 44.1 Å². The molecule has 1 aromatic carbocycles. The summed E-state index contributed by atoms with van der Waals surface area (Å²) in [5.74, 6) is 0.419. The van der Waals surface area contributed by atoms with Crippen LogP contribution in [0.15, 0.2) is 27.8 Å². The first kappa shape index (κ1) is 21.4. The van der Waals surface area contributed by atoms with Crippen molar-refractivity contribution in [3.05, 3.63) is 54.6 Å². The summed E-state index contributed by atoms with van der Waals surface area (Å²) < 4.78 is 9.15. The number of fused-ring (bicyclic) bond motifs is 1. The number of halogens is 2. The number of methoxy groups -OCH3 is 1. The highest BCUT2D eigenvalue weighted by molar-refractivity contribution is 6.42. The van der Waals surface area contributed by atoms with Crippen LogP contribution in [0, 0.1) is 0 Å². The number of nitrogens with one attached hydrogen (secondary N) is 1. The largest absolute Gasteiger partial charge is 0.396 e. The van der Waals surface area contributed by atoms with E-state index in [0.717, 1.165) is 4.57 Å². The minimum Gasteiger partial charge on any atom is -0.396 e. The maximum absolute atomic E-state index is 13.1. The van der Waals surface area contributed by atoms with Crippen LogP contribution in [0.4, 0.5) is 5.95 Å². The van der Waals surface area contributed by atoms with E-state index in [1.807, 2.05) is 0 Å². The van der Waals surface area contributed by atoms with Crippen LogP contribution in [0.2, 0.25) is 10.0 Å². The first-order chi connectivity index (χ1) is 13.9. The molecule has 9 nitrogen and oxygen atoms in total. The molecule has 0 amide bonds. The smallest absolute Gasteiger partial charge is 0.334 e. The first-order valence-corrected chi connectivity index (χ1v) is 9.62. The lowest BCUT2D eigenvalue weighted by molar-refractivity contribution is 0.129. The van der Waals surface area contributed by atoms with Crippen molar-refractivity contribution >= 4 is 40.3 Å². The van der Waals surface area contributed by atoms with E-state index in [4.69, 9.17) is 33.0 Å². The fourth-order valence-corrected chi connectivity index (χ4v) is 3.33. The maximum atomic E-state index is 13.1. The third-order valence-corrected chi connectivity index (χ3v) is 5.18. The van der Waals surface area contributed by atoms with Gasteiger partial charge in [-0.15, -0.1) is 0 Å². The van der Waals surface area contributed by atoms with Gasteiger partial charge in [0.05, 0.1) is 16.6 Å². The molecule has 0 saturated carbocycles. The van der Waals surface area contributed by atoms with Crippen LogP contribution in [0.25, 0.3) is 11.2 Å². The Bertz CT molecular complexity index is 1150. The van der Waals surface area contributed by atoms with Gasteiger partial charge in [-0.1, -0.05) is 29.3 Å². The van der Waals surface area contributed by atoms with Gasteiger partial charge in [-0.05, 0) is 24.1 Å². The Hall–Kier alpha value is -2.33. The number of aromatic nitrogens is 4. The number of aliphatic hydroxyl groups is 1. The summed E-state index contributed by atoms with van der Waals surface area (Å²) in [6.07, 6.45) is 0.523. The van der Waals surface area contributed by atoms with Crippen molar-refractivity contribution in [1.29, 1.82) is 0 Å². The quantitative estimate of drug-likeness (QED) is 0.515. The molecule has 3 aromatic rings. The molecule has 0 aliphatic carbocycles. The van der Waals surface area contributed by atoms with Crippen molar-refractivity contribution in [2.45, 2.75) is 19.7 Å². The van der Waals surface area contributed by atoms with E-state index in [-0.39, 0.29) is 31.0 Å². The number of imidazole rings is 1. The summed E-state index contributed by atoms with van der Waals surface area (Å²) in [4.78, 5) is 30.6. The molecule has 0 bridgehead atoms. The lowest BCUT2D eigenvalue weighted by Crippen LogP contribution is -2.41. The average Bonchev–Trinajstić information content (AvgIpc) is 3.02. The summed E-state index contributed by atoms with van der Waals surface area (Å²) in [5.41, 5.74) is 0.115. The van der Waals surface area contributed by atoms with Crippen LogP contribution in [0.1, 0.15) is 12.0 Å². The second-order valence-electron chi connectivity index (χ2n) is 6.44. The van der Waals surface area contributed by atoms with Gasteiger partial charge in [0.25, 0.3) is 5.56 Å². The highest BCUT2D eigenvalue weighted by atomic mass is 35.5. The Morgan fingerprint density at radius 1 is 1.21 bits per heavy atom. The van der Waals surface area contributed by atoms with E-state index in [1.54, 1.807) is 29.8 Å². The van der Waals surface area contributed by atoms with E-state index in [0.29, 0.717) is 34.5 Å². The Labute approximate surface area is 176 Å². The van der Waals surface area contributed by atoms with Crippen molar-refractivity contribution in [3.63, 3.8) is 0 Å². The van der Waals surface area contributed by atoms with Gasteiger partial charge in [0, 0.05) is 27.3 Å². The predicted octanol–water partition coefficient (Wildman–Crippen LogP) is 1.65. The first-order valence-electron chi connectivity index (χ1n) is 8.86. The van der Waals surface area contributed by atoms with E-state index in [9.17, 15) is 9.59 Å². The summed E-state index contributed by atoms with van der Waals surface area (Å²) >= 11 is 12.0. The molecule has 0 atom stereocenters. The zero-order valence-corrected chi connectivity index (χ0v) is 17.5. The Kier molecular flexibility index (Phi) is 6.63. The van der Waals surface area contributed by atoms with Crippen LogP contribution in [0.3, 0.4) is 0 Å².